The molecule has 1 fully saturated rings. The molecule has 21 heavy (non-hydrogen) atoms. The summed E-state index contributed by atoms with van der Waals surface area (Å²) in [6.07, 6.45) is 1.03. The predicted octanol–water partition coefficient (Wildman–Crippen LogP) is 2.33. The number of amides is 1. The standard InChI is InChI=1S/C17H26N2O2/c1-11-8-17(21-5)13(3)12(2)16(11)10-19-7-6-15(9-19)18-14(4)20/h8,15H,6-7,9-10H2,1-5H3,(H,18,20)/t15-/m1/s1. The molecular weight excluding hydrogens is 264 g/mol. The molecule has 0 unspecified atom stereocenters. The number of methoxy groups -OCH3 is 1. The van der Waals surface area contributed by atoms with Gasteiger partial charge in [-0.2, -0.15) is 0 Å². The highest BCUT2D eigenvalue weighted by Crippen LogP contribution is 2.29. The van der Waals surface area contributed by atoms with Gasteiger partial charge in [0.1, 0.15) is 5.75 Å². The Kier molecular flexibility index (Phi) is 4.88. The van der Waals surface area contributed by atoms with Crippen molar-refractivity contribution < 1.29 is 9.53 Å². The molecule has 1 atom stereocenters. The van der Waals surface area contributed by atoms with E-state index in [1.165, 1.54) is 22.3 Å². The van der Waals surface area contributed by atoms with Gasteiger partial charge in [-0.15, -0.1) is 0 Å². The number of nitrogens with zero attached hydrogens (tertiary/aromatic N) is 1. The summed E-state index contributed by atoms with van der Waals surface area (Å²) in [5, 5.41) is 3.02. The lowest BCUT2D eigenvalue weighted by Crippen LogP contribution is -2.35. The maximum absolute atomic E-state index is 11.1. The number of hydrogen-bond donors (Lipinski definition) is 1. The van der Waals surface area contributed by atoms with E-state index in [-0.39, 0.29) is 5.91 Å². The van der Waals surface area contributed by atoms with Gasteiger partial charge in [0.05, 0.1) is 7.11 Å². The number of carbonyl (C=O) groups excluding carboxylic acids is 1. The second-order valence-corrected chi connectivity index (χ2v) is 6.05. The second kappa shape index (κ2) is 6.48. The van der Waals surface area contributed by atoms with Gasteiger partial charge in [-0.25, -0.2) is 0 Å². The Morgan fingerprint density at radius 3 is 2.71 bits per heavy atom. The zero-order valence-corrected chi connectivity index (χ0v) is 13.7. The SMILES string of the molecule is COc1cc(C)c(CN2CC[C@@H](NC(C)=O)C2)c(C)c1C. The van der Waals surface area contributed by atoms with E-state index in [4.69, 9.17) is 4.74 Å². The summed E-state index contributed by atoms with van der Waals surface area (Å²) in [6.45, 7) is 10.9. The summed E-state index contributed by atoms with van der Waals surface area (Å²) in [5.74, 6) is 1.03. The van der Waals surface area contributed by atoms with E-state index in [2.05, 4.69) is 37.1 Å². The highest BCUT2D eigenvalue weighted by atomic mass is 16.5. The number of benzene rings is 1. The van der Waals surface area contributed by atoms with Gasteiger partial charge in [0, 0.05) is 32.6 Å². The molecule has 0 aromatic heterocycles. The van der Waals surface area contributed by atoms with Gasteiger partial charge in [-0.1, -0.05) is 0 Å². The molecule has 0 aliphatic carbocycles. The average molecular weight is 290 g/mol. The molecule has 116 valence electrons. The van der Waals surface area contributed by atoms with Crippen LogP contribution in [-0.2, 0) is 11.3 Å². The molecule has 4 nitrogen and oxygen atoms in total. The molecule has 0 bridgehead atoms. The van der Waals surface area contributed by atoms with Crippen molar-refractivity contribution in [2.75, 3.05) is 20.2 Å². The van der Waals surface area contributed by atoms with Crippen molar-refractivity contribution in [3.8, 4) is 5.75 Å². The largest absolute Gasteiger partial charge is 0.496 e. The zero-order valence-electron chi connectivity index (χ0n) is 13.7. The van der Waals surface area contributed by atoms with Crippen molar-refractivity contribution in [3.63, 3.8) is 0 Å². The fourth-order valence-electron chi connectivity index (χ4n) is 3.16. The first-order valence-corrected chi connectivity index (χ1v) is 7.55. The number of hydrogen-bond acceptors (Lipinski definition) is 3. The van der Waals surface area contributed by atoms with Crippen molar-refractivity contribution in [1.82, 2.24) is 10.2 Å². The fraction of sp³-hybridized carbons (Fsp3) is 0.588. The van der Waals surface area contributed by atoms with Crippen LogP contribution in [0.15, 0.2) is 6.07 Å². The Morgan fingerprint density at radius 2 is 2.10 bits per heavy atom. The minimum Gasteiger partial charge on any atom is -0.496 e. The quantitative estimate of drug-likeness (QED) is 0.925. The van der Waals surface area contributed by atoms with Crippen LogP contribution in [0, 0.1) is 20.8 Å². The molecular formula is C17H26N2O2. The van der Waals surface area contributed by atoms with E-state index >= 15 is 0 Å². The predicted molar refractivity (Wildman–Crippen MR) is 84.7 cm³/mol. The lowest BCUT2D eigenvalue weighted by atomic mass is 9.97. The van der Waals surface area contributed by atoms with Crippen LogP contribution in [-0.4, -0.2) is 37.0 Å². The summed E-state index contributed by atoms with van der Waals surface area (Å²) >= 11 is 0. The Balaban J connectivity index is 2.11. The summed E-state index contributed by atoms with van der Waals surface area (Å²) in [4.78, 5) is 13.6. The highest BCUT2D eigenvalue weighted by molar-refractivity contribution is 5.73. The molecule has 1 aliphatic rings. The number of likely N-dealkylation sites (tertiary alicyclic amines) is 1. The fourth-order valence-corrected chi connectivity index (χ4v) is 3.16. The van der Waals surface area contributed by atoms with Gasteiger partial charge < -0.3 is 10.1 Å². The number of nitrogens with one attached hydrogen (secondary N) is 1. The first-order valence-electron chi connectivity index (χ1n) is 7.55. The van der Waals surface area contributed by atoms with Crippen molar-refractivity contribution >= 4 is 5.91 Å². The molecule has 4 heteroatoms. The monoisotopic (exact) mass is 290 g/mol. The molecule has 1 amide bonds. The van der Waals surface area contributed by atoms with Gasteiger partial charge >= 0.3 is 0 Å². The Morgan fingerprint density at radius 1 is 1.38 bits per heavy atom. The third-order valence-corrected chi connectivity index (χ3v) is 4.49. The minimum atomic E-state index is 0.0644. The number of carbonyl (C=O) groups is 1. The van der Waals surface area contributed by atoms with Crippen LogP contribution < -0.4 is 10.1 Å². The lowest BCUT2D eigenvalue weighted by Gasteiger charge is -2.21. The molecule has 2 rings (SSSR count). The van der Waals surface area contributed by atoms with Gasteiger partial charge in [0.15, 0.2) is 0 Å². The molecule has 1 aliphatic heterocycles. The van der Waals surface area contributed by atoms with Gasteiger partial charge in [0.25, 0.3) is 0 Å². The Hall–Kier alpha value is -1.55. The van der Waals surface area contributed by atoms with Crippen LogP contribution in [0.25, 0.3) is 0 Å². The Labute approximate surface area is 127 Å². The van der Waals surface area contributed by atoms with Gasteiger partial charge in [0.2, 0.25) is 5.91 Å². The first-order chi connectivity index (χ1) is 9.92. The first kappa shape index (κ1) is 15.8. The lowest BCUT2D eigenvalue weighted by molar-refractivity contribution is -0.119. The Bertz CT molecular complexity index is 540. The van der Waals surface area contributed by atoms with E-state index < -0.39 is 0 Å². The number of aryl methyl sites for hydroxylation is 1. The summed E-state index contributed by atoms with van der Waals surface area (Å²) in [5.41, 5.74) is 5.19. The molecule has 0 saturated carbocycles. The van der Waals surface area contributed by atoms with Gasteiger partial charge in [-0.05, 0) is 55.5 Å². The van der Waals surface area contributed by atoms with Crippen LogP contribution >= 0.6 is 0 Å². The van der Waals surface area contributed by atoms with Crippen molar-refractivity contribution in [1.29, 1.82) is 0 Å². The van der Waals surface area contributed by atoms with E-state index in [0.29, 0.717) is 6.04 Å². The van der Waals surface area contributed by atoms with Crippen LogP contribution in [0.4, 0.5) is 0 Å². The summed E-state index contributed by atoms with van der Waals surface area (Å²) < 4.78 is 5.43. The zero-order chi connectivity index (χ0) is 15.6. The van der Waals surface area contributed by atoms with E-state index in [1.54, 1.807) is 14.0 Å². The third kappa shape index (κ3) is 3.56. The summed E-state index contributed by atoms with van der Waals surface area (Å²) in [6, 6.07) is 2.42. The normalized spacial score (nSPS) is 18.8. The van der Waals surface area contributed by atoms with Crippen LogP contribution in [0.5, 0.6) is 5.75 Å². The summed E-state index contributed by atoms with van der Waals surface area (Å²) in [7, 11) is 1.72. The van der Waals surface area contributed by atoms with Gasteiger partial charge in [-0.3, -0.25) is 9.69 Å². The molecule has 0 spiro atoms. The minimum absolute atomic E-state index is 0.0644. The number of ether oxygens (including phenoxy) is 1. The van der Waals surface area contributed by atoms with E-state index in [0.717, 1.165) is 31.8 Å². The van der Waals surface area contributed by atoms with Crippen LogP contribution in [0.1, 0.15) is 35.6 Å². The molecule has 0 radical (unpaired) electrons. The van der Waals surface area contributed by atoms with E-state index in [9.17, 15) is 4.79 Å². The molecule has 1 saturated heterocycles. The van der Waals surface area contributed by atoms with Crippen molar-refractivity contribution in [2.45, 2.75) is 46.7 Å². The van der Waals surface area contributed by atoms with Crippen LogP contribution in [0.2, 0.25) is 0 Å². The average Bonchev–Trinajstić information content (AvgIpc) is 2.85. The van der Waals surface area contributed by atoms with E-state index in [1.807, 2.05) is 0 Å². The second-order valence-electron chi connectivity index (χ2n) is 6.05. The third-order valence-electron chi connectivity index (χ3n) is 4.49. The van der Waals surface area contributed by atoms with Crippen LogP contribution in [0.3, 0.4) is 0 Å². The van der Waals surface area contributed by atoms with Crippen molar-refractivity contribution in [3.05, 3.63) is 28.3 Å². The topological polar surface area (TPSA) is 41.6 Å². The number of rotatable bonds is 4. The molecule has 1 aromatic carbocycles. The highest BCUT2D eigenvalue weighted by Gasteiger charge is 2.24. The molecule has 1 heterocycles. The smallest absolute Gasteiger partial charge is 0.217 e. The maximum atomic E-state index is 11.1. The maximum Gasteiger partial charge on any atom is 0.217 e. The molecule has 1 N–H and O–H groups in total. The molecule has 1 aromatic rings. The van der Waals surface area contributed by atoms with Crippen molar-refractivity contribution in [2.24, 2.45) is 0 Å².